The molecule has 0 unspecified atom stereocenters. The zero-order valence-corrected chi connectivity index (χ0v) is 12.3. The van der Waals surface area contributed by atoms with Gasteiger partial charge in [0.05, 0.1) is 6.61 Å². The van der Waals surface area contributed by atoms with Gasteiger partial charge in [0.25, 0.3) is 0 Å². The number of hydrogen-bond donors (Lipinski definition) is 1. The van der Waals surface area contributed by atoms with E-state index in [4.69, 9.17) is 22.1 Å². The molecule has 4 heteroatoms. The van der Waals surface area contributed by atoms with E-state index in [1.165, 1.54) is 12.0 Å². The van der Waals surface area contributed by atoms with Crippen molar-refractivity contribution in [3.63, 3.8) is 0 Å². The second kappa shape index (κ2) is 7.13. The summed E-state index contributed by atoms with van der Waals surface area (Å²) in [6.45, 7) is 6.74. The molecule has 0 amide bonds. The van der Waals surface area contributed by atoms with Crippen LogP contribution in [0.1, 0.15) is 25.3 Å². The number of ether oxygens (including phenoxy) is 1. The average molecular weight is 283 g/mol. The van der Waals surface area contributed by atoms with Crippen molar-refractivity contribution in [1.29, 1.82) is 0 Å². The highest BCUT2D eigenvalue weighted by atomic mass is 35.5. The lowest BCUT2D eigenvalue weighted by Crippen LogP contribution is -2.23. The van der Waals surface area contributed by atoms with Crippen LogP contribution in [0.15, 0.2) is 18.2 Å². The molecule has 1 aliphatic heterocycles. The molecule has 1 atom stereocenters. The third kappa shape index (κ3) is 4.10. The van der Waals surface area contributed by atoms with Crippen LogP contribution < -0.4 is 10.5 Å². The van der Waals surface area contributed by atoms with Crippen LogP contribution in [-0.4, -0.2) is 31.1 Å². The Kier molecular flexibility index (Phi) is 5.49. The Bertz CT molecular complexity index is 411. The van der Waals surface area contributed by atoms with Gasteiger partial charge in [-0.25, -0.2) is 0 Å². The van der Waals surface area contributed by atoms with E-state index in [9.17, 15) is 0 Å². The first-order valence-corrected chi connectivity index (χ1v) is 7.44. The summed E-state index contributed by atoms with van der Waals surface area (Å²) in [4.78, 5) is 2.43. The minimum absolute atomic E-state index is 0.638. The van der Waals surface area contributed by atoms with Crippen LogP contribution >= 0.6 is 11.6 Å². The van der Waals surface area contributed by atoms with E-state index in [0.29, 0.717) is 5.92 Å². The van der Waals surface area contributed by atoms with Crippen LogP contribution in [0.4, 0.5) is 0 Å². The Morgan fingerprint density at radius 3 is 3.00 bits per heavy atom. The summed E-state index contributed by atoms with van der Waals surface area (Å²) in [5, 5.41) is 0.772. The summed E-state index contributed by atoms with van der Waals surface area (Å²) in [5.41, 5.74) is 6.92. The van der Waals surface area contributed by atoms with Crippen molar-refractivity contribution in [3.8, 4) is 5.75 Å². The minimum atomic E-state index is 0.638. The van der Waals surface area contributed by atoms with Crippen LogP contribution in [0.2, 0.25) is 5.02 Å². The number of rotatable bonds is 6. The van der Waals surface area contributed by atoms with Gasteiger partial charge in [0, 0.05) is 23.7 Å². The molecule has 1 fully saturated rings. The van der Waals surface area contributed by atoms with Gasteiger partial charge in [-0.15, -0.1) is 0 Å². The zero-order chi connectivity index (χ0) is 13.7. The average Bonchev–Trinajstić information content (AvgIpc) is 2.85. The second-order valence-corrected chi connectivity index (χ2v) is 5.66. The normalized spacial score (nSPS) is 19.8. The van der Waals surface area contributed by atoms with Crippen molar-refractivity contribution in [2.45, 2.75) is 26.3 Å². The van der Waals surface area contributed by atoms with E-state index < -0.39 is 0 Å². The standard InChI is InChI=1S/C15H23ClN2O/c1-2-7-19-15-4-3-14(16)8-13(15)11-18-6-5-12(9-17)10-18/h3-4,8,12H,2,5-7,9-11,17H2,1H3/t12-/m0/s1. The lowest BCUT2D eigenvalue weighted by atomic mass is 10.1. The van der Waals surface area contributed by atoms with Crippen LogP contribution in [0.25, 0.3) is 0 Å². The topological polar surface area (TPSA) is 38.5 Å². The highest BCUT2D eigenvalue weighted by Gasteiger charge is 2.22. The van der Waals surface area contributed by atoms with Crippen molar-refractivity contribution >= 4 is 11.6 Å². The Morgan fingerprint density at radius 1 is 1.47 bits per heavy atom. The molecule has 0 aromatic heterocycles. The maximum Gasteiger partial charge on any atom is 0.123 e. The van der Waals surface area contributed by atoms with Gasteiger partial charge in [-0.3, -0.25) is 4.90 Å². The van der Waals surface area contributed by atoms with E-state index >= 15 is 0 Å². The van der Waals surface area contributed by atoms with Gasteiger partial charge in [0.1, 0.15) is 5.75 Å². The predicted octanol–water partition coefficient (Wildman–Crippen LogP) is 2.91. The van der Waals surface area contributed by atoms with E-state index in [0.717, 1.165) is 50.0 Å². The van der Waals surface area contributed by atoms with E-state index in [1.807, 2.05) is 18.2 Å². The van der Waals surface area contributed by atoms with Crippen molar-refractivity contribution in [3.05, 3.63) is 28.8 Å². The molecule has 106 valence electrons. The lowest BCUT2D eigenvalue weighted by Gasteiger charge is -2.18. The first-order valence-electron chi connectivity index (χ1n) is 7.06. The molecule has 0 radical (unpaired) electrons. The predicted molar refractivity (Wildman–Crippen MR) is 79.7 cm³/mol. The number of likely N-dealkylation sites (tertiary alicyclic amines) is 1. The lowest BCUT2D eigenvalue weighted by molar-refractivity contribution is 0.289. The van der Waals surface area contributed by atoms with Crippen molar-refractivity contribution < 1.29 is 4.74 Å². The van der Waals surface area contributed by atoms with Crippen LogP contribution in [0.5, 0.6) is 5.75 Å². The Labute approximate surface area is 120 Å². The quantitative estimate of drug-likeness (QED) is 0.872. The van der Waals surface area contributed by atoms with Crippen molar-refractivity contribution in [2.75, 3.05) is 26.2 Å². The molecule has 19 heavy (non-hydrogen) atoms. The Hall–Kier alpha value is -0.770. The molecule has 1 aromatic rings. The molecule has 2 N–H and O–H groups in total. The second-order valence-electron chi connectivity index (χ2n) is 5.23. The molecule has 2 rings (SSSR count). The fourth-order valence-electron chi connectivity index (χ4n) is 2.51. The number of halogens is 1. The Balaban J connectivity index is 2.03. The van der Waals surface area contributed by atoms with Crippen LogP contribution in [0, 0.1) is 5.92 Å². The van der Waals surface area contributed by atoms with Gasteiger partial charge in [0.15, 0.2) is 0 Å². The van der Waals surface area contributed by atoms with E-state index in [-0.39, 0.29) is 0 Å². The minimum Gasteiger partial charge on any atom is -0.493 e. The highest BCUT2D eigenvalue weighted by Crippen LogP contribution is 2.26. The summed E-state index contributed by atoms with van der Waals surface area (Å²) in [5.74, 6) is 1.60. The van der Waals surface area contributed by atoms with Gasteiger partial charge in [-0.05, 0) is 50.0 Å². The van der Waals surface area contributed by atoms with Gasteiger partial charge in [-0.2, -0.15) is 0 Å². The third-order valence-electron chi connectivity index (χ3n) is 3.58. The van der Waals surface area contributed by atoms with Gasteiger partial charge >= 0.3 is 0 Å². The monoisotopic (exact) mass is 282 g/mol. The van der Waals surface area contributed by atoms with Crippen LogP contribution in [-0.2, 0) is 6.54 Å². The summed E-state index contributed by atoms with van der Waals surface area (Å²) >= 11 is 6.10. The fourth-order valence-corrected chi connectivity index (χ4v) is 2.71. The largest absolute Gasteiger partial charge is 0.493 e. The highest BCUT2D eigenvalue weighted by molar-refractivity contribution is 6.30. The summed E-state index contributed by atoms with van der Waals surface area (Å²) in [6.07, 6.45) is 2.21. The SMILES string of the molecule is CCCOc1ccc(Cl)cc1CN1CC[C@@H](CN)C1. The molecule has 0 bridgehead atoms. The van der Waals surface area contributed by atoms with Crippen LogP contribution in [0.3, 0.4) is 0 Å². The third-order valence-corrected chi connectivity index (χ3v) is 3.82. The summed E-state index contributed by atoms with van der Waals surface area (Å²) in [7, 11) is 0. The summed E-state index contributed by atoms with van der Waals surface area (Å²) in [6, 6.07) is 5.88. The van der Waals surface area contributed by atoms with Crippen molar-refractivity contribution in [1.82, 2.24) is 4.90 Å². The summed E-state index contributed by atoms with van der Waals surface area (Å²) < 4.78 is 5.79. The van der Waals surface area contributed by atoms with Crippen molar-refractivity contribution in [2.24, 2.45) is 11.7 Å². The number of nitrogens with zero attached hydrogens (tertiary/aromatic N) is 1. The molecule has 1 heterocycles. The first-order chi connectivity index (χ1) is 9.22. The maximum absolute atomic E-state index is 6.10. The van der Waals surface area contributed by atoms with E-state index in [1.54, 1.807) is 0 Å². The molecule has 1 aromatic carbocycles. The Morgan fingerprint density at radius 2 is 2.32 bits per heavy atom. The number of hydrogen-bond acceptors (Lipinski definition) is 3. The molecular formula is C15H23ClN2O. The van der Waals surface area contributed by atoms with Gasteiger partial charge < -0.3 is 10.5 Å². The molecule has 1 saturated heterocycles. The number of nitrogens with two attached hydrogens (primary N) is 1. The smallest absolute Gasteiger partial charge is 0.123 e. The molecular weight excluding hydrogens is 260 g/mol. The molecule has 0 saturated carbocycles. The van der Waals surface area contributed by atoms with E-state index in [2.05, 4.69) is 11.8 Å². The maximum atomic E-state index is 6.10. The van der Waals surface area contributed by atoms with Gasteiger partial charge in [0.2, 0.25) is 0 Å². The molecule has 0 aliphatic carbocycles. The molecule has 0 spiro atoms. The number of benzene rings is 1. The van der Waals surface area contributed by atoms with Gasteiger partial charge in [-0.1, -0.05) is 18.5 Å². The zero-order valence-electron chi connectivity index (χ0n) is 11.6. The molecule has 3 nitrogen and oxygen atoms in total. The fraction of sp³-hybridized carbons (Fsp3) is 0.600. The molecule has 1 aliphatic rings. The first kappa shape index (κ1) is 14.6.